The minimum absolute atomic E-state index is 0.0350. The number of anilines is 4. The number of carbonyl (C=O) groups excluding carboxylic acids is 2. The van der Waals surface area contributed by atoms with Crippen molar-refractivity contribution in [2.45, 2.75) is 31.8 Å². The largest absolute Gasteiger partial charge is 0.480 e. The van der Waals surface area contributed by atoms with E-state index in [-0.39, 0.29) is 107 Å². The van der Waals surface area contributed by atoms with E-state index in [1.807, 2.05) is 4.90 Å². The van der Waals surface area contributed by atoms with Gasteiger partial charge in [0.1, 0.15) is 0 Å². The number of β-amino-alcohol motifs (C(OH)–C–C–N with tert-alkyl or cyclic N) is 2. The highest BCUT2D eigenvalue weighted by atomic mass is 16.5. The number of nitrogens with one attached hydrogen (secondary N) is 5. The number of fused-ring (bicyclic) bond motifs is 1. The Morgan fingerprint density at radius 3 is 1.79 bits per heavy atom. The number of carboxylic acids is 3. The molecule has 5 rings (SSSR count). The zero-order chi connectivity index (χ0) is 47.8. The van der Waals surface area contributed by atoms with Gasteiger partial charge in [0.2, 0.25) is 23.7 Å². The zero-order valence-corrected chi connectivity index (χ0v) is 35.8. The Morgan fingerprint density at radius 1 is 0.742 bits per heavy atom. The predicted molar refractivity (Wildman–Crippen MR) is 238 cm³/mol. The third-order valence-corrected chi connectivity index (χ3v) is 10.2. The van der Waals surface area contributed by atoms with E-state index in [1.165, 1.54) is 6.20 Å². The van der Waals surface area contributed by atoms with Crippen LogP contribution in [0.25, 0.3) is 11.2 Å². The van der Waals surface area contributed by atoms with Crippen LogP contribution in [0.3, 0.4) is 0 Å². The van der Waals surface area contributed by atoms with E-state index in [0.29, 0.717) is 42.4 Å². The number of benzene rings is 2. The van der Waals surface area contributed by atoms with E-state index in [0.717, 1.165) is 0 Å². The molecule has 1 aliphatic heterocycles. The lowest BCUT2D eigenvalue weighted by Gasteiger charge is -2.33. The van der Waals surface area contributed by atoms with E-state index in [9.17, 15) is 54.3 Å². The van der Waals surface area contributed by atoms with Gasteiger partial charge < -0.3 is 52.0 Å². The number of ether oxygens (including phenoxy) is 1. The number of rotatable bonds is 19. The molecular weight excluding hydrogens is 867 g/mol. The van der Waals surface area contributed by atoms with Gasteiger partial charge in [0.05, 0.1) is 38.1 Å². The lowest BCUT2D eigenvalue weighted by Crippen LogP contribution is -2.49. The normalized spacial score (nSPS) is 15.3. The van der Waals surface area contributed by atoms with Gasteiger partial charge >= 0.3 is 17.9 Å². The molecule has 0 spiro atoms. The highest BCUT2D eigenvalue weighted by Gasteiger charge is 2.24. The fourth-order valence-corrected chi connectivity index (χ4v) is 6.81. The Labute approximate surface area is 376 Å². The minimum Gasteiger partial charge on any atom is -0.480 e. The summed E-state index contributed by atoms with van der Waals surface area (Å²) in [6.07, 6.45) is -2.20. The number of aliphatic hydroxyl groups is 2. The average Bonchev–Trinajstić information content (AvgIpc) is 3.25. The second-order valence-corrected chi connectivity index (χ2v) is 15.3. The molecule has 1 fully saturated rings. The molecule has 2 aromatic heterocycles. The molecule has 2 aromatic carbocycles. The molecule has 1 saturated heterocycles. The number of carboxylic acid groups (broad SMARTS) is 3. The van der Waals surface area contributed by atoms with Crippen LogP contribution in [0.15, 0.2) is 59.5 Å². The molecule has 0 aliphatic carbocycles. The summed E-state index contributed by atoms with van der Waals surface area (Å²) >= 11 is 0. The number of aromatic amines is 1. The molecule has 0 saturated carbocycles. The highest BCUT2D eigenvalue weighted by Crippen LogP contribution is 2.17. The van der Waals surface area contributed by atoms with E-state index in [2.05, 4.69) is 35.9 Å². The number of nitrogens with two attached hydrogens (primary N) is 1. The molecular formula is C41H53N13O12. The van der Waals surface area contributed by atoms with Gasteiger partial charge in [0.25, 0.3) is 5.56 Å². The lowest BCUT2D eigenvalue weighted by atomic mass is 10.1. The van der Waals surface area contributed by atoms with Crippen LogP contribution in [-0.2, 0) is 35.3 Å². The van der Waals surface area contributed by atoms with Gasteiger partial charge in [0, 0.05) is 94.4 Å². The Hall–Kier alpha value is -7.16. The molecule has 66 heavy (non-hydrogen) atoms. The first-order chi connectivity index (χ1) is 31.5. The number of aromatic nitrogens is 4. The van der Waals surface area contributed by atoms with Crippen molar-refractivity contribution in [2.24, 2.45) is 0 Å². The number of hydrogen-bond donors (Lipinski definition) is 11. The summed E-state index contributed by atoms with van der Waals surface area (Å²) in [5, 5.41) is 64.9. The van der Waals surface area contributed by atoms with Crippen molar-refractivity contribution in [3.05, 3.63) is 76.3 Å². The minimum atomic E-state index is -1.64. The van der Waals surface area contributed by atoms with Crippen molar-refractivity contribution in [3.63, 3.8) is 0 Å². The quantitative estimate of drug-likeness (QED) is 0.0298. The predicted octanol–water partition coefficient (Wildman–Crippen LogP) is -1.24. The second kappa shape index (κ2) is 24.2. The highest BCUT2D eigenvalue weighted by molar-refractivity contribution is 5.95. The number of aliphatic carboxylic acids is 3. The van der Waals surface area contributed by atoms with Crippen molar-refractivity contribution < 1.29 is 54.2 Å². The molecule has 12 N–H and O–H groups in total. The SMILES string of the molecule is N=C(OC(CCC(=O)Nc1ccc(NC(=O)CN2CCN(CC(=O)O)CCN(CC(=O)O)CCN(CC(O)O)CC2)cc1)C(=O)O)c1ccc(NCc2cnc3nc(N)[nH]c(=O)c3n2)cc1. The third kappa shape index (κ3) is 16.4. The maximum Gasteiger partial charge on any atom is 0.344 e. The first-order valence-electron chi connectivity index (χ1n) is 20.7. The monoisotopic (exact) mass is 919 g/mol. The summed E-state index contributed by atoms with van der Waals surface area (Å²) in [6.45, 7) is 1.73. The first-order valence-corrected chi connectivity index (χ1v) is 20.7. The number of aliphatic hydroxyl groups excluding tert-OH is 1. The summed E-state index contributed by atoms with van der Waals surface area (Å²) in [5.74, 6) is -4.86. The molecule has 354 valence electrons. The van der Waals surface area contributed by atoms with E-state index < -0.39 is 47.7 Å². The maximum atomic E-state index is 13.2. The van der Waals surface area contributed by atoms with Gasteiger partial charge in [-0.2, -0.15) is 4.98 Å². The molecule has 2 amide bonds. The summed E-state index contributed by atoms with van der Waals surface area (Å²) < 4.78 is 5.43. The third-order valence-electron chi connectivity index (χ3n) is 10.2. The zero-order valence-electron chi connectivity index (χ0n) is 35.8. The summed E-state index contributed by atoms with van der Waals surface area (Å²) in [6, 6.07) is 12.6. The van der Waals surface area contributed by atoms with Gasteiger partial charge in [-0.25, -0.2) is 14.8 Å². The Bertz CT molecular complexity index is 2380. The van der Waals surface area contributed by atoms with Crippen LogP contribution in [0.2, 0.25) is 0 Å². The Kier molecular flexibility index (Phi) is 18.3. The maximum absolute atomic E-state index is 13.2. The smallest absolute Gasteiger partial charge is 0.344 e. The number of hydrogen-bond acceptors (Lipinski definition) is 19. The molecule has 1 unspecified atom stereocenters. The van der Waals surface area contributed by atoms with Crippen LogP contribution in [-0.4, -0.2) is 192 Å². The van der Waals surface area contributed by atoms with Crippen LogP contribution in [0, 0.1) is 5.41 Å². The molecule has 3 heterocycles. The Balaban J connectivity index is 1.08. The van der Waals surface area contributed by atoms with E-state index >= 15 is 0 Å². The van der Waals surface area contributed by atoms with E-state index in [1.54, 1.807) is 63.2 Å². The molecule has 25 nitrogen and oxygen atoms in total. The summed E-state index contributed by atoms with van der Waals surface area (Å²) in [5.41, 5.74) is 7.30. The molecule has 1 atom stereocenters. The van der Waals surface area contributed by atoms with Crippen molar-refractivity contribution in [1.82, 2.24) is 39.5 Å². The van der Waals surface area contributed by atoms with E-state index in [4.69, 9.17) is 15.9 Å². The Morgan fingerprint density at radius 2 is 1.26 bits per heavy atom. The number of H-pyrrole nitrogens is 1. The van der Waals surface area contributed by atoms with Crippen molar-refractivity contribution in [1.29, 1.82) is 5.41 Å². The average molecular weight is 920 g/mol. The molecule has 1 aliphatic rings. The molecule has 25 heteroatoms. The standard InChI is InChI=1S/C41H53N13O12/c42-37(25-1-3-26(4-2-25)44-19-29-20-45-38-36(48-29)39(63)50-41(43)49-38)66-30(40(64)65)9-10-31(55)46-27-5-7-28(8-6-27)47-32(56)21-51-11-13-52(22-33(57)58)15-17-54(24-35(61)62)18-16-53(14-12-51)23-34(59)60/h1-8,20,30,33,42,44,57-58H,9-19,21-24H2,(H,46,55)(H,47,56)(H,59,60)(H,61,62)(H,64,65)(H3,43,45,49,50,63). The number of carbonyl (C=O) groups is 5. The topological polar surface area (TPSA) is 366 Å². The fraction of sp³-hybridized carbons (Fsp3) is 0.415. The number of amides is 2. The lowest BCUT2D eigenvalue weighted by molar-refractivity contribution is -0.146. The fourth-order valence-electron chi connectivity index (χ4n) is 6.81. The summed E-state index contributed by atoms with van der Waals surface area (Å²) in [7, 11) is 0. The number of nitrogen functional groups attached to an aromatic ring is 1. The van der Waals surface area contributed by atoms with Crippen molar-refractivity contribution >= 4 is 69.8 Å². The van der Waals surface area contributed by atoms with Crippen LogP contribution in [0.5, 0.6) is 0 Å². The second-order valence-electron chi connectivity index (χ2n) is 15.3. The van der Waals surface area contributed by atoms with Gasteiger partial charge in [-0.15, -0.1) is 0 Å². The molecule has 0 bridgehead atoms. The van der Waals surface area contributed by atoms with Gasteiger partial charge in [-0.3, -0.25) is 54.0 Å². The van der Waals surface area contributed by atoms with Crippen LogP contribution in [0.4, 0.5) is 23.0 Å². The molecule has 4 aromatic rings. The first kappa shape index (κ1) is 49.8. The molecule has 0 radical (unpaired) electrons. The van der Waals surface area contributed by atoms with Crippen molar-refractivity contribution in [2.75, 3.05) is 100 Å². The van der Waals surface area contributed by atoms with Crippen molar-refractivity contribution in [3.8, 4) is 0 Å². The summed E-state index contributed by atoms with van der Waals surface area (Å²) in [4.78, 5) is 94.8. The van der Waals surface area contributed by atoms with Gasteiger partial charge in [-0.1, -0.05) is 0 Å². The van der Waals surface area contributed by atoms with Gasteiger partial charge in [-0.05, 0) is 48.5 Å². The number of nitrogens with zero attached hydrogens (tertiary/aromatic N) is 7. The van der Waals surface area contributed by atoms with Crippen LogP contribution < -0.4 is 27.2 Å². The van der Waals surface area contributed by atoms with Gasteiger partial charge in [0.15, 0.2) is 23.6 Å². The van der Waals surface area contributed by atoms with Crippen LogP contribution in [0.1, 0.15) is 24.1 Å². The van der Waals surface area contributed by atoms with Crippen LogP contribution >= 0.6 is 0 Å².